The maximum atomic E-state index is 14.8. The minimum Gasteiger partial charge on any atom is -0.423 e. The Hall–Kier alpha value is -2.78. The van der Waals surface area contributed by atoms with E-state index in [2.05, 4.69) is 39.2 Å². The number of hydrogen-bond acceptors (Lipinski definition) is 6. The van der Waals surface area contributed by atoms with Gasteiger partial charge in [0.05, 0.1) is 11.3 Å². The number of nitrogens with one attached hydrogen (secondary N) is 1. The molecule has 188 valence electrons. The number of rotatable bonds is 6. The zero-order valence-electron chi connectivity index (χ0n) is 21.0. The Labute approximate surface area is 209 Å². The van der Waals surface area contributed by atoms with Crippen LogP contribution in [-0.4, -0.2) is 43.6 Å². The van der Waals surface area contributed by atoms with Crippen molar-refractivity contribution in [2.45, 2.75) is 60.7 Å². The SMILES string of the molecule is Cc1nnc(C(NC(=O)c2nc(-c3cc(Cl)ccc3F)n3c2CN(CC(C)C)CC3)C(C)(C)C)o1. The Morgan fingerprint density at radius 1 is 1.26 bits per heavy atom. The summed E-state index contributed by atoms with van der Waals surface area (Å²) in [5, 5.41) is 11.5. The maximum absolute atomic E-state index is 14.8. The predicted octanol–water partition coefficient (Wildman–Crippen LogP) is 5.02. The lowest BCUT2D eigenvalue weighted by Gasteiger charge is -2.31. The molecule has 35 heavy (non-hydrogen) atoms. The third-order valence-corrected chi connectivity index (χ3v) is 6.26. The van der Waals surface area contributed by atoms with Crippen LogP contribution in [0.1, 0.15) is 68.6 Å². The summed E-state index contributed by atoms with van der Waals surface area (Å²) in [5.74, 6) is 0.815. The molecular formula is C25H32ClFN6O2. The molecule has 1 N–H and O–H groups in total. The molecule has 8 nitrogen and oxygen atoms in total. The molecule has 3 aromatic rings. The number of amides is 1. The largest absolute Gasteiger partial charge is 0.423 e. The van der Waals surface area contributed by atoms with Crippen LogP contribution in [0.25, 0.3) is 11.4 Å². The summed E-state index contributed by atoms with van der Waals surface area (Å²) in [7, 11) is 0. The number of carbonyl (C=O) groups is 1. The van der Waals surface area contributed by atoms with Crippen molar-refractivity contribution in [2.75, 3.05) is 13.1 Å². The fourth-order valence-corrected chi connectivity index (χ4v) is 4.60. The van der Waals surface area contributed by atoms with Crippen LogP contribution in [0.3, 0.4) is 0 Å². The molecule has 1 aliphatic rings. The van der Waals surface area contributed by atoms with E-state index >= 15 is 0 Å². The van der Waals surface area contributed by atoms with Gasteiger partial charge in [-0.3, -0.25) is 9.69 Å². The molecule has 1 unspecified atom stereocenters. The second kappa shape index (κ2) is 9.70. The summed E-state index contributed by atoms with van der Waals surface area (Å²) in [6, 6.07) is 3.84. The van der Waals surface area contributed by atoms with Gasteiger partial charge in [0.1, 0.15) is 17.7 Å². The van der Waals surface area contributed by atoms with Gasteiger partial charge in [-0.05, 0) is 29.5 Å². The van der Waals surface area contributed by atoms with E-state index in [1.165, 1.54) is 12.1 Å². The zero-order valence-corrected chi connectivity index (χ0v) is 21.8. The normalized spacial score (nSPS) is 15.3. The first-order chi connectivity index (χ1) is 16.4. The molecule has 1 aromatic carbocycles. The molecule has 0 bridgehead atoms. The highest BCUT2D eigenvalue weighted by atomic mass is 35.5. The van der Waals surface area contributed by atoms with E-state index in [1.807, 2.05) is 25.3 Å². The fourth-order valence-electron chi connectivity index (χ4n) is 4.43. The van der Waals surface area contributed by atoms with E-state index in [0.29, 0.717) is 41.6 Å². The van der Waals surface area contributed by atoms with E-state index in [0.717, 1.165) is 18.8 Å². The lowest BCUT2D eigenvalue weighted by atomic mass is 9.86. The van der Waals surface area contributed by atoms with Crippen molar-refractivity contribution in [1.82, 2.24) is 30.0 Å². The second-order valence-corrected chi connectivity index (χ2v) is 11.0. The van der Waals surface area contributed by atoms with Crippen LogP contribution in [-0.2, 0) is 13.1 Å². The van der Waals surface area contributed by atoms with Crippen molar-refractivity contribution in [1.29, 1.82) is 0 Å². The Morgan fingerprint density at radius 3 is 2.63 bits per heavy atom. The molecule has 0 radical (unpaired) electrons. The smallest absolute Gasteiger partial charge is 0.272 e. The molecule has 0 saturated heterocycles. The van der Waals surface area contributed by atoms with Crippen molar-refractivity contribution in [3.63, 3.8) is 0 Å². The summed E-state index contributed by atoms with van der Waals surface area (Å²) in [5.41, 5.74) is 0.881. The number of fused-ring (bicyclic) bond motifs is 1. The standard InChI is InChI=1S/C25H32ClFN6O2/c1-14(2)12-32-9-10-33-19(13-32)20(28-22(33)17-11-16(26)7-8-18(17)27)23(34)29-21(25(4,5)6)24-31-30-15(3)35-24/h7-8,11,14,21H,9-10,12-13H2,1-6H3,(H,29,34). The molecule has 2 aromatic heterocycles. The minimum absolute atomic E-state index is 0.262. The highest BCUT2D eigenvalue weighted by molar-refractivity contribution is 6.30. The molecule has 0 aliphatic carbocycles. The molecule has 3 heterocycles. The van der Waals surface area contributed by atoms with Gasteiger partial charge in [0, 0.05) is 38.1 Å². The van der Waals surface area contributed by atoms with E-state index in [9.17, 15) is 9.18 Å². The molecular weight excluding hydrogens is 471 g/mol. The van der Waals surface area contributed by atoms with Crippen LogP contribution < -0.4 is 5.32 Å². The van der Waals surface area contributed by atoms with Gasteiger partial charge < -0.3 is 14.3 Å². The summed E-state index contributed by atoms with van der Waals surface area (Å²) < 4.78 is 22.4. The monoisotopic (exact) mass is 502 g/mol. The molecule has 0 saturated carbocycles. The molecule has 4 rings (SSSR count). The van der Waals surface area contributed by atoms with Crippen molar-refractivity contribution in [2.24, 2.45) is 11.3 Å². The first-order valence-electron chi connectivity index (χ1n) is 11.8. The first-order valence-corrected chi connectivity index (χ1v) is 12.2. The molecule has 1 atom stereocenters. The number of hydrogen-bond donors (Lipinski definition) is 1. The Kier molecular flexibility index (Phi) is 7.02. The molecule has 10 heteroatoms. The van der Waals surface area contributed by atoms with Crippen molar-refractivity contribution < 1.29 is 13.6 Å². The fraction of sp³-hybridized carbons (Fsp3) is 0.520. The summed E-state index contributed by atoms with van der Waals surface area (Å²) in [6.45, 7) is 14.8. The van der Waals surface area contributed by atoms with Crippen LogP contribution in [0, 0.1) is 24.1 Å². The third kappa shape index (κ3) is 5.41. The van der Waals surface area contributed by atoms with Crippen LogP contribution >= 0.6 is 11.6 Å². The van der Waals surface area contributed by atoms with Gasteiger partial charge in [-0.25, -0.2) is 9.37 Å². The third-order valence-electron chi connectivity index (χ3n) is 6.02. The number of aryl methyl sites for hydroxylation is 1. The number of nitrogens with zero attached hydrogens (tertiary/aromatic N) is 5. The van der Waals surface area contributed by atoms with E-state index in [1.54, 1.807) is 13.0 Å². The summed E-state index contributed by atoms with van der Waals surface area (Å²) in [6.07, 6.45) is 0. The maximum Gasteiger partial charge on any atom is 0.272 e. The van der Waals surface area contributed by atoms with Gasteiger partial charge in [-0.1, -0.05) is 46.2 Å². The summed E-state index contributed by atoms with van der Waals surface area (Å²) in [4.78, 5) is 20.6. The number of carbonyl (C=O) groups excluding carboxylic acids is 1. The second-order valence-electron chi connectivity index (χ2n) is 10.6. The average Bonchev–Trinajstić information content (AvgIpc) is 3.35. The highest BCUT2D eigenvalue weighted by Crippen LogP contribution is 2.34. The van der Waals surface area contributed by atoms with E-state index < -0.39 is 17.3 Å². The van der Waals surface area contributed by atoms with Crippen molar-refractivity contribution in [3.8, 4) is 11.4 Å². The molecule has 0 spiro atoms. The van der Waals surface area contributed by atoms with Crippen LogP contribution in [0.5, 0.6) is 0 Å². The average molecular weight is 503 g/mol. The molecule has 0 fully saturated rings. The van der Waals surface area contributed by atoms with Crippen LogP contribution in [0.15, 0.2) is 22.6 Å². The quantitative estimate of drug-likeness (QED) is 0.509. The lowest BCUT2D eigenvalue weighted by molar-refractivity contribution is 0.0876. The van der Waals surface area contributed by atoms with Gasteiger partial charge in [-0.15, -0.1) is 10.2 Å². The van der Waals surface area contributed by atoms with E-state index in [4.69, 9.17) is 16.0 Å². The van der Waals surface area contributed by atoms with Crippen LogP contribution in [0.2, 0.25) is 5.02 Å². The predicted molar refractivity (Wildman–Crippen MR) is 131 cm³/mol. The number of benzene rings is 1. The van der Waals surface area contributed by atoms with Gasteiger partial charge in [0.2, 0.25) is 11.8 Å². The van der Waals surface area contributed by atoms with Gasteiger partial charge in [0.15, 0.2) is 5.69 Å². The lowest BCUT2D eigenvalue weighted by Crippen LogP contribution is -2.39. The Morgan fingerprint density at radius 2 is 2.00 bits per heavy atom. The number of imidazole rings is 1. The van der Waals surface area contributed by atoms with Crippen molar-refractivity contribution >= 4 is 17.5 Å². The Bertz CT molecular complexity index is 1230. The van der Waals surface area contributed by atoms with E-state index in [-0.39, 0.29) is 17.2 Å². The minimum atomic E-state index is -0.532. The first kappa shape index (κ1) is 25.3. The molecule has 1 aliphatic heterocycles. The van der Waals surface area contributed by atoms with Gasteiger partial charge >= 0.3 is 0 Å². The summed E-state index contributed by atoms with van der Waals surface area (Å²) >= 11 is 6.17. The number of halogens is 2. The van der Waals surface area contributed by atoms with Gasteiger partial charge in [-0.2, -0.15) is 0 Å². The zero-order chi connectivity index (χ0) is 25.5. The number of aromatic nitrogens is 4. The van der Waals surface area contributed by atoms with Gasteiger partial charge in [0.25, 0.3) is 5.91 Å². The Balaban J connectivity index is 1.76. The topological polar surface area (TPSA) is 89.1 Å². The van der Waals surface area contributed by atoms with Crippen molar-refractivity contribution in [3.05, 3.63) is 52.2 Å². The van der Waals surface area contributed by atoms with Crippen LogP contribution in [0.4, 0.5) is 4.39 Å². The molecule has 1 amide bonds. The highest BCUT2D eigenvalue weighted by Gasteiger charge is 2.35.